The van der Waals surface area contributed by atoms with E-state index in [4.69, 9.17) is 15.9 Å². The summed E-state index contributed by atoms with van der Waals surface area (Å²) in [4.78, 5) is 28.7. The van der Waals surface area contributed by atoms with E-state index >= 15 is 0 Å². The van der Waals surface area contributed by atoms with Crippen molar-refractivity contribution in [3.8, 4) is 29.2 Å². The lowest BCUT2D eigenvalue weighted by molar-refractivity contribution is -0.141. The van der Waals surface area contributed by atoms with Gasteiger partial charge in [-0.3, -0.25) is 20.5 Å². The van der Waals surface area contributed by atoms with Gasteiger partial charge in [-0.1, -0.05) is 6.07 Å². The zero-order valence-electron chi connectivity index (χ0n) is 19.9. The second-order valence-electron chi connectivity index (χ2n) is 7.88. The first-order valence-corrected chi connectivity index (χ1v) is 10.9. The van der Waals surface area contributed by atoms with E-state index in [0.717, 1.165) is 11.6 Å². The number of hydrogen-bond donors (Lipinski definition) is 4. The van der Waals surface area contributed by atoms with E-state index in [9.17, 15) is 18.0 Å². The summed E-state index contributed by atoms with van der Waals surface area (Å²) in [6, 6.07) is 8.44. The molecule has 0 aliphatic heterocycles. The third kappa shape index (κ3) is 6.12. The van der Waals surface area contributed by atoms with Crippen molar-refractivity contribution in [2.75, 3.05) is 10.6 Å². The van der Waals surface area contributed by atoms with Crippen molar-refractivity contribution in [3.05, 3.63) is 77.8 Å². The van der Waals surface area contributed by atoms with Crippen LogP contribution in [-0.2, 0) is 6.18 Å². The number of anilines is 2. The number of carbonyl (C=O) groups is 1. The summed E-state index contributed by atoms with van der Waals surface area (Å²) < 4.78 is 41.8. The molecule has 4 aromatic rings. The number of alkyl halides is 3. The number of carbonyl (C=O) groups excluding carboxylic acids is 1. The molecule has 3 heterocycles. The summed E-state index contributed by atoms with van der Waals surface area (Å²) in [5.41, 5.74) is 0.542. The molecule has 4 rings (SSSR count). The predicted molar refractivity (Wildman–Crippen MR) is 131 cm³/mol. The highest BCUT2D eigenvalue weighted by atomic mass is 19.4. The smallest absolute Gasteiger partial charge is 0.309 e. The molecule has 0 aliphatic carbocycles. The zero-order chi connectivity index (χ0) is 28.2. The molecule has 0 saturated carbocycles. The molecule has 0 unspecified atom stereocenters. The number of nitrogens with one attached hydrogen (secondary N) is 4. The number of pyridine rings is 1. The van der Waals surface area contributed by atoms with Crippen LogP contribution in [0.15, 0.2) is 55.2 Å². The maximum atomic E-state index is 13.5. The normalized spacial score (nSPS) is 10.7. The minimum Gasteiger partial charge on any atom is -0.309 e. The Labute approximate surface area is 218 Å². The van der Waals surface area contributed by atoms with E-state index in [1.54, 1.807) is 25.3 Å². The number of rotatable bonds is 5. The fourth-order valence-corrected chi connectivity index (χ4v) is 3.37. The zero-order valence-corrected chi connectivity index (χ0v) is 19.9. The van der Waals surface area contributed by atoms with Crippen molar-refractivity contribution < 1.29 is 18.0 Å². The number of aryl methyl sites for hydroxylation is 1. The predicted octanol–water partition coefficient (Wildman–Crippen LogP) is 3.59. The SMILES string of the molecule is Cc1ccc(C(=O)Nc2cc(-n3cnc(C#N)c3)cc(C(F)(F)F)n2)cc1-c1cnc(NC(=N)NC#N)cn1. The molecule has 194 valence electrons. The Kier molecular flexibility index (Phi) is 7.17. The first-order valence-electron chi connectivity index (χ1n) is 10.9. The van der Waals surface area contributed by atoms with E-state index in [0.29, 0.717) is 11.3 Å². The van der Waals surface area contributed by atoms with Crippen molar-refractivity contribution >= 4 is 23.5 Å². The molecule has 1 amide bonds. The molecular weight excluding hydrogens is 515 g/mol. The van der Waals surface area contributed by atoms with Gasteiger partial charge in [0.2, 0.25) is 5.96 Å². The van der Waals surface area contributed by atoms with Crippen molar-refractivity contribution in [3.63, 3.8) is 0 Å². The molecule has 15 heteroatoms. The minimum absolute atomic E-state index is 0.00200. The van der Waals surface area contributed by atoms with Crippen LogP contribution >= 0.6 is 0 Å². The lowest BCUT2D eigenvalue weighted by Gasteiger charge is -2.13. The Morgan fingerprint density at radius 3 is 2.49 bits per heavy atom. The van der Waals surface area contributed by atoms with Crippen molar-refractivity contribution in [1.82, 2.24) is 29.8 Å². The van der Waals surface area contributed by atoms with Gasteiger partial charge < -0.3 is 15.2 Å². The maximum Gasteiger partial charge on any atom is 0.433 e. The van der Waals surface area contributed by atoms with Crippen LogP contribution in [0.4, 0.5) is 24.8 Å². The molecule has 3 aromatic heterocycles. The van der Waals surface area contributed by atoms with Crippen molar-refractivity contribution in [1.29, 1.82) is 15.9 Å². The molecule has 4 N–H and O–H groups in total. The Morgan fingerprint density at radius 1 is 1.05 bits per heavy atom. The molecule has 0 spiro atoms. The molecule has 39 heavy (non-hydrogen) atoms. The highest BCUT2D eigenvalue weighted by Crippen LogP contribution is 2.31. The number of imidazole rings is 1. The highest BCUT2D eigenvalue weighted by Gasteiger charge is 2.33. The lowest BCUT2D eigenvalue weighted by atomic mass is 10.0. The van der Waals surface area contributed by atoms with Gasteiger partial charge in [0.25, 0.3) is 5.91 Å². The van der Waals surface area contributed by atoms with Gasteiger partial charge in [-0.15, -0.1) is 0 Å². The third-order valence-corrected chi connectivity index (χ3v) is 5.20. The molecule has 0 saturated heterocycles. The van der Waals surface area contributed by atoms with Crippen LogP contribution in [0.5, 0.6) is 0 Å². The Bertz CT molecular complexity index is 1650. The lowest BCUT2D eigenvalue weighted by Crippen LogP contribution is -2.25. The number of nitriles is 2. The summed E-state index contributed by atoms with van der Waals surface area (Å²) >= 11 is 0. The molecule has 12 nitrogen and oxygen atoms in total. The van der Waals surface area contributed by atoms with E-state index in [2.05, 4.69) is 35.9 Å². The summed E-state index contributed by atoms with van der Waals surface area (Å²) in [6.07, 6.45) is 1.95. The first-order chi connectivity index (χ1) is 18.6. The number of hydrogen-bond acceptors (Lipinski definition) is 8. The van der Waals surface area contributed by atoms with Gasteiger partial charge in [-0.25, -0.2) is 15.0 Å². The second kappa shape index (κ2) is 10.7. The fraction of sp³-hybridized carbons (Fsp3) is 0.0833. The number of aromatic nitrogens is 5. The molecule has 0 atom stereocenters. The topological polar surface area (TPSA) is 181 Å². The summed E-state index contributed by atoms with van der Waals surface area (Å²) in [6.45, 7) is 1.78. The molecule has 0 fully saturated rings. The average Bonchev–Trinajstić information content (AvgIpc) is 3.38. The second-order valence-corrected chi connectivity index (χ2v) is 7.88. The monoisotopic (exact) mass is 531 g/mol. The molecule has 0 radical (unpaired) electrons. The summed E-state index contributed by atoms with van der Waals surface area (Å²) in [5.74, 6) is -1.17. The molecular formula is C24H16F3N11O. The summed E-state index contributed by atoms with van der Waals surface area (Å²) in [5, 5.41) is 32.1. The maximum absolute atomic E-state index is 13.5. The van der Waals surface area contributed by atoms with Gasteiger partial charge in [0.15, 0.2) is 17.7 Å². The van der Waals surface area contributed by atoms with Crippen LogP contribution in [0.3, 0.4) is 0 Å². The van der Waals surface area contributed by atoms with Gasteiger partial charge in [0.05, 0.1) is 23.8 Å². The number of nitrogens with zero attached hydrogens (tertiary/aromatic N) is 7. The Morgan fingerprint density at radius 2 is 1.85 bits per heavy atom. The van der Waals surface area contributed by atoms with Gasteiger partial charge in [-0.05, 0) is 30.7 Å². The van der Waals surface area contributed by atoms with Crippen LogP contribution in [-0.4, -0.2) is 36.4 Å². The largest absolute Gasteiger partial charge is 0.433 e. The van der Waals surface area contributed by atoms with Crippen LogP contribution in [0.25, 0.3) is 16.9 Å². The number of benzene rings is 1. The Balaban J connectivity index is 1.61. The molecule has 1 aromatic carbocycles. The third-order valence-electron chi connectivity index (χ3n) is 5.20. The van der Waals surface area contributed by atoms with Crippen LogP contribution < -0.4 is 16.0 Å². The first kappa shape index (κ1) is 26.2. The number of halogens is 3. The number of amides is 1. The standard InChI is InChI=1S/C24H16F3N11O/c1-13-2-3-14(4-17(13)18-8-32-21(9-31-18)37-23(30)33-11-29)22(39)36-20-6-16(5-19(35-20)24(25,26)27)38-10-15(7-28)34-12-38/h2-6,8-10,12H,1H3,(H,35,36,39)(H3,30,32,33,37). The van der Waals surface area contributed by atoms with Crippen molar-refractivity contribution in [2.24, 2.45) is 0 Å². The van der Waals surface area contributed by atoms with Crippen LogP contribution in [0.2, 0.25) is 0 Å². The summed E-state index contributed by atoms with van der Waals surface area (Å²) in [7, 11) is 0. The van der Waals surface area contributed by atoms with Crippen molar-refractivity contribution in [2.45, 2.75) is 13.1 Å². The number of guanidine groups is 1. The van der Waals surface area contributed by atoms with Crippen LogP contribution in [0.1, 0.15) is 27.3 Å². The fourth-order valence-electron chi connectivity index (χ4n) is 3.37. The Hall–Kier alpha value is -5.83. The average molecular weight is 531 g/mol. The van der Waals surface area contributed by atoms with E-state index in [1.165, 1.54) is 47.7 Å². The van der Waals surface area contributed by atoms with E-state index < -0.39 is 17.8 Å². The van der Waals surface area contributed by atoms with Gasteiger partial charge in [0.1, 0.15) is 23.9 Å². The van der Waals surface area contributed by atoms with E-state index in [-0.39, 0.29) is 34.5 Å². The quantitative estimate of drug-likeness (QED) is 0.129. The van der Waals surface area contributed by atoms with Crippen LogP contribution in [0, 0.1) is 35.1 Å². The minimum atomic E-state index is -4.80. The molecule has 0 aliphatic rings. The van der Waals surface area contributed by atoms with Gasteiger partial charge in [0, 0.05) is 23.4 Å². The molecule has 0 bridgehead atoms. The highest BCUT2D eigenvalue weighted by molar-refractivity contribution is 6.04. The van der Waals surface area contributed by atoms with E-state index in [1.807, 2.05) is 0 Å². The van der Waals surface area contributed by atoms with Gasteiger partial charge >= 0.3 is 6.18 Å². The van der Waals surface area contributed by atoms with Gasteiger partial charge in [-0.2, -0.15) is 23.7 Å².